The maximum atomic E-state index is 13.1. The van der Waals surface area contributed by atoms with Crippen molar-refractivity contribution in [3.05, 3.63) is 11.6 Å². The van der Waals surface area contributed by atoms with Crippen LogP contribution in [-0.4, -0.2) is 12.3 Å². The zero-order valence-electron chi connectivity index (χ0n) is 8.11. The summed E-state index contributed by atoms with van der Waals surface area (Å²) in [5.41, 5.74) is 0.620. The van der Waals surface area contributed by atoms with Crippen LogP contribution in [0.5, 0.6) is 0 Å². The first-order valence-electron chi connectivity index (χ1n) is 4.60. The standard InChI is InChI=1S/C10H18F2/c1-4-6-9(7-8(3)11)10(12)5-2/h7-8,10H,4-6H2,1-3H3/b9-7-/t8-,10?/m1/s1. The molecule has 0 nitrogen and oxygen atoms in total. The van der Waals surface area contributed by atoms with Gasteiger partial charge in [-0.05, 0) is 31.4 Å². The third-order valence-corrected chi connectivity index (χ3v) is 1.74. The fourth-order valence-corrected chi connectivity index (χ4v) is 1.19. The van der Waals surface area contributed by atoms with Gasteiger partial charge in [-0.15, -0.1) is 0 Å². The second-order valence-electron chi connectivity index (χ2n) is 3.04. The molecule has 0 aliphatic heterocycles. The Kier molecular flexibility index (Phi) is 5.95. The molecule has 0 aliphatic rings. The SMILES string of the molecule is CCC/C(=C/[C@@H](C)F)C(F)CC. The van der Waals surface area contributed by atoms with Crippen LogP contribution in [0.25, 0.3) is 0 Å². The minimum absolute atomic E-state index is 0.443. The molecule has 0 spiro atoms. The van der Waals surface area contributed by atoms with Crippen molar-refractivity contribution in [3.63, 3.8) is 0 Å². The third-order valence-electron chi connectivity index (χ3n) is 1.74. The maximum absolute atomic E-state index is 13.1. The van der Waals surface area contributed by atoms with Crippen LogP contribution in [0.2, 0.25) is 0 Å². The molecule has 0 bridgehead atoms. The van der Waals surface area contributed by atoms with Crippen LogP contribution in [0.3, 0.4) is 0 Å². The lowest BCUT2D eigenvalue weighted by Gasteiger charge is -2.10. The van der Waals surface area contributed by atoms with E-state index in [1.807, 2.05) is 6.92 Å². The topological polar surface area (TPSA) is 0 Å². The van der Waals surface area contributed by atoms with Gasteiger partial charge < -0.3 is 0 Å². The second kappa shape index (κ2) is 6.15. The van der Waals surface area contributed by atoms with Crippen LogP contribution in [-0.2, 0) is 0 Å². The molecule has 2 atom stereocenters. The van der Waals surface area contributed by atoms with Crippen LogP contribution in [0, 0.1) is 0 Å². The van der Waals surface area contributed by atoms with Gasteiger partial charge in [-0.3, -0.25) is 0 Å². The fourth-order valence-electron chi connectivity index (χ4n) is 1.19. The molecule has 1 unspecified atom stereocenters. The third kappa shape index (κ3) is 4.47. The fraction of sp³-hybridized carbons (Fsp3) is 0.800. The van der Waals surface area contributed by atoms with Crippen molar-refractivity contribution < 1.29 is 8.78 Å². The van der Waals surface area contributed by atoms with E-state index in [-0.39, 0.29) is 0 Å². The molecule has 0 fully saturated rings. The summed E-state index contributed by atoms with van der Waals surface area (Å²) in [4.78, 5) is 0. The quantitative estimate of drug-likeness (QED) is 0.558. The molecule has 0 aliphatic carbocycles. The molecule has 2 heteroatoms. The Labute approximate surface area is 73.7 Å². The van der Waals surface area contributed by atoms with Crippen molar-refractivity contribution in [2.24, 2.45) is 0 Å². The molecule has 0 N–H and O–H groups in total. The monoisotopic (exact) mass is 176 g/mol. The molecular formula is C10H18F2. The second-order valence-corrected chi connectivity index (χ2v) is 3.04. The predicted molar refractivity (Wildman–Crippen MR) is 48.7 cm³/mol. The summed E-state index contributed by atoms with van der Waals surface area (Å²) in [5, 5.41) is 0. The molecule has 0 heterocycles. The highest BCUT2D eigenvalue weighted by Crippen LogP contribution is 2.17. The van der Waals surface area contributed by atoms with Crippen molar-refractivity contribution in [3.8, 4) is 0 Å². The molecular weight excluding hydrogens is 158 g/mol. The molecule has 0 aromatic carbocycles. The van der Waals surface area contributed by atoms with E-state index >= 15 is 0 Å². The summed E-state index contributed by atoms with van der Waals surface area (Å²) in [6.07, 6.45) is 1.40. The van der Waals surface area contributed by atoms with E-state index in [9.17, 15) is 8.78 Å². The van der Waals surface area contributed by atoms with E-state index in [1.54, 1.807) is 6.92 Å². The molecule has 0 saturated carbocycles. The molecule has 0 amide bonds. The van der Waals surface area contributed by atoms with E-state index in [0.717, 1.165) is 6.42 Å². The van der Waals surface area contributed by atoms with E-state index in [0.29, 0.717) is 18.4 Å². The summed E-state index contributed by atoms with van der Waals surface area (Å²) >= 11 is 0. The number of rotatable bonds is 5. The van der Waals surface area contributed by atoms with Gasteiger partial charge in [0.2, 0.25) is 0 Å². The predicted octanol–water partition coefficient (Wildman–Crippen LogP) is 3.82. The summed E-state index contributed by atoms with van der Waals surface area (Å²) in [6, 6.07) is 0. The number of halogens is 2. The Morgan fingerprint density at radius 1 is 1.33 bits per heavy atom. The lowest BCUT2D eigenvalue weighted by atomic mass is 10.0. The minimum atomic E-state index is -1.03. The Balaban J connectivity index is 4.20. The van der Waals surface area contributed by atoms with E-state index in [1.165, 1.54) is 13.0 Å². The van der Waals surface area contributed by atoms with Gasteiger partial charge in [0, 0.05) is 0 Å². The highest BCUT2D eigenvalue weighted by atomic mass is 19.1. The van der Waals surface area contributed by atoms with Crippen molar-refractivity contribution in [2.75, 3.05) is 0 Å². The molecule has 0 radical (unpaired) electrons. The zero-order chi connectivity index (χ0) is 9.56. The number of alkyl halides is 2. The van der Waals surface area contributed by atoms with Gasteiger partial charge in [0.05, 0.1) is 0 Å². The van der Waals surface area contributed by atoms with Gasteiger partial charge >= 0.3 is 0 Å². The largest absolute Gasteiger partial charge is 0.243 e. The minimum Gasteiger partial charge on any atom is -0.243 e. The average Bonchev–Trinajstić information content (AvgIpc) is 2.01. The first kappa shape index (κ1) is 11.6. The average molecular weight is 176 g/mol. The van der Waals surface area contributed by atoms with E-state index < -0.39 is 12.3 Å². The van der Waals surface area contributed by atoms with E-state index in [2.05, 4.69) is 0 Å². The van der Waals surface area contributed by atoms with Crippen LogP contribution >= 0.6 is 0 Å². The normalized spacial score (nSPS) is 17.6. The lowest BCUT2D eigenvalue weighted by Crippen LogP contribution is -2.05. The summed E-state index contributed by atoms with van der Waals surface area (Å²) < 4.78 is 25.6. The van der Waals surface area contributed by atoms with E-state index in [4.69, 9.17) is 0 Å². The van der Waals surface area contributed by atoms with Gasteiger partial charge in [-0.25, -0.2) is 8.78 Å². The molecule has 0 aromatic heterocycles. The highest BCUT2D eigenvalue weighted by Gasteiger charge is 2.10. The van der Waals surface area contributed by atoms with Crippen molar-refractivity contribution in [1.29, 1.82) is 0 Å². The van der Waals surface area contributed by atoms with Gasteiger partial charge in [0.15, 0.2) is 0 Å². The first-order valence-corrected chi connectivity index (χ1v) is 4.60. The van der Waals surface area contributed by atoms with Crippen LogP contribution in [0.1, 0.15) is 40.0 Å². The molecule has 12 heavy (non-hydrogen) atoms. The highest BCUT2D eigenvalue weighted by molar-refractivity contribution is 5.09. The molecule has 0 saturated heterocycles. The van der Waals surface area contributed by atoms with Crippen molar-refractivity contribution in [1.82, 2.24) is 0 Å². The summed E-state index contributed by atoms with van der Waals surface area (Å²) in [7, 11) is 0. The Bertz CT molecular complexity index is 139. The molecule has 0 aromatic rings. The molecule has 0 rings (SSSR count). The van der Waals surface area contributed by atoms with Crippen molar-refractivity contribution >= 4 is 0 Å². The first-order chi connectivity index (χ1) is 5.61. The van der Waals surface area contributed by atoms with Gasteiger partial charge in [0.1, 0.15) is 12.3 Å². The van der Waals surface area contributed by atoms with Gasteiger partial charge in [-0.2, -0.15) is 0 Å². The van der Waals surface area contributed by atoms with Gasteiger partial charge in [-0.1, -0.05) is 20.3 Å². The molecule has 72 valence electrons. The van der Waals surface area contributed by atoms with Crippen LogP contribution in [0.15, 0.2) is 11.6 Å². The number of hydrogen-bond donors (Lipinski definition) is 0. The van der Waals surface area contributed by atoms with Crippen molar-refractivity contribution in [2.45, 2.75) is 52.4 Å². The Morgan fingerprint density at radius 3 is 2.25 bits per heavy atom. The lowest BCUT2D eigenvalue weighted by molar-refractivity contribution is 0.354. The Morgan fingerprint density at radius 2 is 1.92 bits per heavy atom. The summed E-state index contributed by atoms with van der Waals surface area (Å²) in [6.45, 7) is 5.17. The zero-order valence-corrected chi connectivity index (χ0v) is 8.11. The summed E-state index contributed by atoms with van der Waals surface area (Å²) in [5.74, 6) is 0. The van der Waals surface area contributed by atoms with Crippen LogP contribution in [0.4, 0.5) is 8.78 Å². The Hall–Kier alpha value is -0.400. The van der Waals surface area contributed by atoms with Gasteiger partial charge in [0.25, 0.3) is 0 Å². The number of allylic oxidation sites excluding steroid dienone is 2. The van der Waals surface area contributed by atoms with Crippen LogP contribution < -0.4 is 0 Å². The number of hydrogen-bond acceptors (Lipinski definition) is 0. The maximum Gasteiger partial charge on any atom is 0.121 e. The smallest absolute Gasteiger partial charge is 0.121 e.